The molecule has 1 amide bonds. The van der Waals surface area contributed by atoms with Gasteiger partial charge < -0.3 is 10.4 Å². The molecule has 2 N–H and O–H groups in total. The van der Waals surface area contributed by atoms with Gasteiger partial charge in [0.1, 0.15) is 5.69 Å². The molecule has 0 bridgehead atoms. The van der Waals surface area contributed by atoms with Gasteiger partial charge in [0, 0.05) is 18.9 Å². The predicted octanol–water partition coefficient (Wildman–Crippen LogP) is 2.02. The van der Waals surface area contributed by atoms with Crippen molar-refractivity contribution in [3.05, 3.63) is 46.7 Å². The topological polar surface area (TPSA) is 84.2 Å². The molecule has 0 aliphatic heterocycles. The van der Waals surface area contributed by atoms with Gasteiger partial charge in [0.2, 0.25) is 0 Å². The highest BCUT2D eigenvalue weighted by Crippen LogP contribution is 2.21. The second kappa shape index (κ2) is 5.11. The van der Waals surface area contributed by atoms with Gasteiger partial charge in [-0.25, -0.2) is 4.79 Å². The molecule has 0 fully saturated rings. The van der Waals surface area contributed by atoms with Crippen molar-refractivity contribution >= 4 is 29.2 Å². The van der Waals surface area contributed by atoms with Gasteiger partial charge >= 0.3 is 5.97 Å². The van der Waals surface area contributed by atoms with Crippen molar-refractivity contribution in [1.29, 1.82) is 0 Å². The lowest BCUT2D eigenvalue weighted by Gasteiger charge is -2.07. The van der Waals surface area contributed by atoms with E-state index in [1.165, 1.54) is 29.1 Å². The first-order valence-corrected chi connectivity index (χ1v) is 5.69. The number of halogens is 1. The number of aromatic nitrogens is 2. The summed E-state index contributed by atoms with van der Waals surface area (Å²) in [4.78, 5) is 22.8. The minimum absolute atomic E-state index is 0.0653. The molecule has 1 aromatic heterocycles. The number of anilines is 1. The highest BCUT2D eigenvalue weighted by molar-refractivity contribution is 6.33. The molecule has 0 atom stereocenters. The van der Waals surface area contributed by atoms with Crippen LogP contribution in [0.5, 0.6) is 0 Å². The number of carbonyl (C=O) groups excluding carboxylic acids is 1. The summed E-state index contributed by atoms with van der Waals surface area (Å²) in [5.41, 5.74) is 0.657. The SMILES string of the molecule is Cn1nccc1C(=O)Nc1ccc(Cl)c(C(=O)O)c1. The summed E-state index contributed by atoms with van der Waals surface area (Å²) in [6, 6.07) is 5.81. The van der Waals surface area contributed by atoms with Crippen molar-refractivity contribution in [2.45, 2.75) is 0 Å². The second-order valence-electron chi connectivity index (χ2n) is 3.79. The molecule has 0 unspecified atom stereocenters. The summed E-state index contributed by atoms with van der Waals surface area (Å²) < 4.78 is 1.42. The van der Waals surface area contributed by atoms with E-state index in [4.69, 9.17) is 16.7 Å². The monoisotopic (exact) mass is 279 g/mol. The number of rotatable bonds is 3. The van der Waals surface area contributed by atoms with Crippen molar-refractivity contribution in [1.82, 2.24) is 9.78 Å². The van der Waals surface area contributed by atoms with E-state index in [0.29, 0.717) is 11.4 Å². The lowest BCUT2D eigenvalue weighted by molar-refractivity contribution is 0.0696. The molecular formula is C12H10ClN3O3. The zero-order valence-corrected chi connectivity index (χ0v) is 10.7. The van der Waals surface area contributed by atoms with E-state index in [1.54, 1.807) is 13.1 Å². The molecule has 6 nitrogen and oxygen atoms in total. The summed E-state index contributed by atoms with van der Waals surface area (Å²) in [6.07, 6.45) is 1.50. The van der Waals surface area contributed by atoms with Crippen LogP contribution in [0.1, 0.15) is 20.8 Å². The Morgan fingerprint density at radius 3 is 2.68 bits per heavy atom. The fourth-order valence-corrected chi connectivity index (χ4v) is 1.76. The van der Waals surface area contributed by atoms with Crippen LogP contribution in [0.2, 0.25) is 5.02 Å². The van der Waals surface area contributed by atoms with Crippen LogP contribution >= 0.6 is 11.6 Å². The molecule has 0 saturated carbocycles. The van der Waals surface area contributed by atoms with E-state index < -0.39 is 5.97 Å². The number of carboxylic acid groups (broad SMARTS) is 1. The number of hydrogen-bond donors (Lipinski definition) is 2. The smallest absolute Gasteiger partial charge is 0.337 e. The number of aromatic carboxylic acids is 1. The van der Waals surface area contributed by atoms with Crippen molar-refractivity contribution < 1.29 is 14.7 Å². The van der Waals surface area contributed by atoms with Crippen molar-refractivity contribution in [2.75, 3.05) is 5.32 Å². The van der Waals surface area contributed by atoms with Gasteiger partial charge in [0.05, 0.1) is 10.6 Å². The fraction of sp³-hybridized carbons (Fsp3) is 0.0833. The molecule has 0 aliphatic rings. The highest BCUT2D eigenvalue weighted by Gasteiger charge is 2.13. The molecule has 0 saturated heterocycles. The average molecular weight is 280 g/mol. The van der Waals surface area contributed by atoms with Crippen LogP contribution in [-0.2, 0) is 7.05 Å². The maximum absolute atomic E-state index is 11.9. The van der Waals surface area contributed by atoms with Gasteiger partial charge in [-0.1, -0.05) is 11.6 Å². The number of carbonyl (C=O) groups is 2. The fourth-order valence-electron chi connectivity index (χ4n) is 1.56. The van der Waals surface area contributed by atoms with Crippen LogP contribution in [0, 0.1) is 0 Å². The Hall–Kier alpha value is -2.34. The Balaban J connectivity index is 2.25. The van der Waals surface area contributed by atoms with Crippen LogP contribution in [-0.4, -0.2) is 26.8 Å². The largest absolute Gasteiger partial charge is 0.478 e. The molecule has 1 aromatic carbocycles. The van der Waals surface area contributed by atoms with Crippen molar-refractivity contribution in [2.24, 2.45) is 7.05 Å². The van der Waals surface area contributed by atoms with Gasteiger partial charge in [0.25, 0.3) is 5.91 Å². The molecule has 19 heavy (non-hydrogen) atoms. The Kier molecular flexibility index (Phi) is 3.52. The summed E-state index contributed by atoms with van der Waals surface area (Å²) in [6.45, 7) is 0. The third kappa shape index (κ3) is 2.74. The van der Waals surface area contributed by atoms with Gasteiger partial charge in [0.15, 0.2) is 0 Å². The number of nitrogens with one attached hydrogen (secondary N) is 1. The number of carboxylic acids is 1. The van der Waals surface area contributed by atoms with Crippen LogP contribution < -0.4 is 5.32 Å². The van der Waals surface area contributed by atoms with Gasteiger partial charge in [-0.15, -0.1) is 0 Å². The second-order valence-corrected chi connectivity index (χ2v) is 4.20. The zero-order valence-electron chi connectivity index (χ0n) is 9.92. The molecule has 2 rings (SSSR count). The van der Waals surface area contributed by atoms with E-state index in [1.807, 2.05) is 0 Å². The van der Waals surface area contributed by atoms with Crippen LogP contribution in [0.4, 0.5) is 5.69 Å². The minimum Gasteiger partial charge on any atom is -0.478 e. The van der Waals surface area contributed by atoms with Crippen molar-refractivity contribution in [3.8, 4) is 0 Å². The minimum atomic E-state index is -1.15. The van der Waals surface area contributed by atoms with E-state index in [0.717, 1.165) is 0 Å². The molecule has 2 aromatic rings. The first-order chi connectivity index (χ1) is 8.99. The molecule has 0 radical (unpaired) electrons. The zero-order chi connectivity index (χ0) is 14.0. The van der Waals surface area contributed by atoms with E-state index in [2.05, 4.69) is 10.4 Å². The average Bonchev–Trinajstić information content (AvgIpc) is 2.77. The number of hydrogen-bond acceptors (Lipinski definition) is 3. The standard InChI is InChI=1S/C12H10ClN3O3/c1-16-10(4-5-14-16)11(17)15-7-2-3-9(13)8(6-7)12(18)19/h2-6H,1H3,(H,15,17)(H,18,19). The Bertz CT molecular complexity index is 651. The van der Waals surface area contributed by atoms with E-state index >= 15 is 0 Å². The Morgan fingerprint density at radius 2 is 2.11 bits per heavy atom. The first-order valence-electron chi connectivity index (χ1n) is 5.31. The Labute approximate surface area is 113 Å². The first kappa shape index (κ1) is 13.1. The lowest BCUT2D eigenvalue weighted by Crippen LogP contribution is -2.16. The molecule has 7 heteroatoms. The maximum Gasteiger partial charge on any atom is 0.337 e. The van der Waals surface area contributed by atoms with Crippen LogP contribution in [0.3, 0.4) is 0 Å². The quantitative estimate of drug-likeness (QED) is 0.900. The van der Waals surface area contributed by atoms with E-state index in [9.17, 15) is 9.59 Å². The van der Waals surface area contributed by atoms with Crippen molar-refractivity contribution in [3.63, 3.8) is 0 Å². The van der Waals surface area contributed by atoms with Gasteiger partial charge in [-0.3, -0.25) is 9.48 Å². The van der Waals surface area contributed by atoms with E-state index in [-0.39, 0.29) is 16.5 Å². The molecule has 1 heterocycles. The summed E-state index contributed by atoms with van der Waals surface area (Å²) in [7, 11) is 1.64. The number of nitrogens with zero attached hydrogens (tertiary/aromatic N) is 2. The molecular weight excluding hydrogens is 270 g/mol. The van der Waals surface area contributed by atoms with Gasteiger partial charge in [-0.05, 0) is 24.3 Å². The summed E-state index contributed by atoms with van der Waals surface area (Å²) in [5, 5.41) is 15.5. The molecule has 0 aliphatic carbocycles. The molecule has 98 valence electrons. The summed E-state index contributed by atoms with van der Waals surface area (Å²) >= 11 is 5.74. The van der Waals surface area contributed by atoms with Crippen LogP contribution in [0.15, 0.2) is 30.5 Å². The number of aryl methyl sites for hydroxylation is 1. The van der Waals surface area contributed by atoms with Gasteiger partial charge in [-0.2, -0.15) is 5.10 Å². The third-order valence-electron chi connectivity index (χ3n) is 2.51. The predicted molar refractivity (Wildman–Crippen MR) is 69.6 cm³/mol. The third-order valence-corrected chi connectivity index (χ3v) is 2.84. The number of benzene rings is 1. The molecule has 0 spiro atoms. The highest BCUT2D eigenvalue weighted by atomic mass is 35.5. The Morgan fingerprint density at radius 1 is 1.37 bits per heavy atom. The van der Waals surface area contributed by atoms with Crippen LogP contribution in [0.25, 0.3) is 0 Å². The maximum atomic E-state index is 11.9. The lowest BCUT2D eigenvalue weighted by atomic mass is 10.2. The normalized spacial score (nSPS) is 10.2. The number of amides is 1. The summed E-state index contributed by atoms with van der Waals surface area (Å²) in [5.74, 6) is -1.53.